The molecule has 1 aromatic carbocycles. The molecule has 2 aliphatic heterocycles. The van der Waals surface area contributed by atoms with E-state index in [9.17, 15) is 4.79 Å². The van der Waals surface area contributed by atoms with Crippen molar-refractivity contribution in [2.45, 2.75) is 50.6 Å². The predicted octanol–water partition coefficient (Wildman–Crippen LogP) is 2.35. The molecule has 2 aliphatic rings. The fourth-order valence-corrected chi connectivity index (χ4v) is 4.34. The Kier molecular flexibility index (Phi) is 6.92. The van der Waals surface area contributed by atoms with Crippen LogP contribution in [0.4, 0.5) is 5.82 Å². The zero-order valence-electron chi connectivity index (χ0n) is 17.0. The normalized spacial score (nSPS) is 20.8. The number of carbonyl (C=O) groups excluding carboxylic acids is 1. The van der Waals surface area contributed by atoms with Gasteiger partial charge in [-0.15, -0.1) is 0 Å². The smallest absolute Gasteiger partial charge is 0.225 e. The highest BCUT2D eigenvalue weighted by atomic mass is 16.1. The SMILES string of the molecule is O=C(CCCc1ccccc1)Nc1ccnn1C1CCN(CC2CCNN2)CC1. The molecule has 1 amide bonds. The lowest BCUT2D eigenvalue weighted by atomic mass is 10.0. The van der Waals surface area contributed by atoms with Crippen molar-refractivity contribution in [1.82, 2.24) is 25.5 Å². The van der Waals surface area contributed by atoms with Crippen LogP contribution in [0.5, 0.6) is 0 Å². The maximum atomic E-state index is 12.4. The van der Waals surface area contributed by atoms with E-state index in [1.165, 1.54) is 12.0 Å². The Morgan fingerprint density at radius 2 is 1.97 bits per heavy atom. The maximum absolute atomic E-state index is 12.4. The molecule has 3 heterocycles. The predicted molar refractivity (Wildman–Crippen MR) is 114 cm³/mol. The van der Waals surface area contributed by atoms with Gasteiger partial charge in [-0.3, -0.25) is 15.6 Å². The van der Waals surface area contributed by atoms with Gasteiger partial charge in [0, 0.05) is 44.7 Å². The lowest BCUT2D eigenvalue weighted by Crippen LogP contribution is -2.44. The van der Waals surface area contributed by atoms with Crippen LogP contribution in [0.15, 0.2) is 42.6 Å². The van der Waals surface area contributed by atoms with Crippen molar-refractivity contribution in [3.8, 4) is 0 Å². The lowest BCUT2D eigenvalue weighted by molar-refractivity contribution is -0.116. The van der Waals surface area contributed by atoms with E-state index in [0.717, 1.165) is 57.7 Å². The number of likely N-dealkylation sites (tertiary alicyclic amines) is 1. The highest BCUT2D eigenvalue weighted by Crippen LogP contribution is 2.25. The van der Waals surface area contributed by atoms with Crippen molar-refractivity contribution in [2.75, 3.05) is 31.5 Å². The number of nitrogens with zero attached hydrogens (tertiary/aromatic N) is 3. The van der Waals surface area contributed by atoms with Crippen molar-refractivity contribution >= 4 is 11.7 Å². The van der Waals surface area contributed by atoms with Crippen LogP contribution in [0.25, 0.3) is 0 Å². The second-order valence-electron chi connectivity index (χ2n) is 8.14. The Balaban J connectivity index is 1.22. The van der Waals surface area contributed by atoms with Gasteiger partial charge in [0.25, 0.3) is 0 Å². The van der Waals surface area contributed by atoms with E-state index in [4.69, 9.17) is 0 Å². The van der Waals surface area contributed by atoms with Gasteiger partial charge in [-0.1, -0.05) is 30.3 Å². The lowest BCUT2D eigenvalue weighted by Gasteiger charge is -2.34. The maximum Gasteiger partial charge on any atom is 0.225 e. The molecular formula is C22H32N6O. The van der Waals surface area contributed by atoms with Gasteiger partial charge in [-0.25, -0.2) is 4.68 Å². The largest absolute Gasteiger partial charge is 0.311 e. The number of carbonyl (C=O) groups is 1. The minimum atomic E-state index is 0.0694. The summed E-state index contributed by atoms with van der Waals surface area (Å²) in [6, 6.07) is 13.1. The molecule has 3 N–H and O–H groups in total. The zero-order valence-corrected chi connectivity index (χ0v) is 17.0. The molecular weight excluding hydrogens is 364 g/mol. The van der Waals surface area contributed by atoms with Crippen molar-refractivity contribution in [3.63, 3.8) is 0 Å². The average Bonchev–Trinajstić information content (AvgIpc) is 3.42. The van der Waals surface area contributed by atoms with Crippen LogP contribution < -0.4 is 16.2 Å². The zero-order chi connectivity index (χ0) is 19.9. The molecule has 1 unspecified atom stereocenters. The first-order valence-electron chi connectivity index (χ1n) is 10.9. The minimum absolute atomic E-state index is 0.0694. The second kappa shape index (κ2) is 10.0. The number of piperidine rings is 1. The van der Waals surface area contributed by atoms with Crippen molar-refractivity contribution in [3.05, 3.63) is 48.2 Å². The molecule has 7 nitrogen and oxygen atoms in total. The van der Waals surface area contributed by atoms with Gasteiger partial charge >= 0.3 is 0 Å². The van der Waals surface area contributed by atoms with Crippen LogP contribution in [-0.2, 0) is 11.2 Å². The quantitative estimate of drug-likeness (QED) is 0.639. The third-order valence-corrected chi connectivity index (χ3v) is 5.96. The van der Waals surface area contributed by atoms with E-state index in [2.05, 4.69) is 38.3 Å². The summed E-state index contributed by atoms with van der Waals surface area (Å²) >= 11 is 0. The summed E-state index contributed by atoms with van der Waals surface area (Å²) in [5.74, 6) is 0.898. The number of hydrazine groups is 1. The molecule has 2 saturated heterocycles. The number of anilines is 1. The first-order chi connectivity index (χ1) is 14.3. The molecule has 4 rings (SSSR count). The van der Waals surface area contributed by atoms with Crippen LogP contribution >= 0.6 is 0 Å². The van der Waals surface area contributed by atoms with Crippen LogP contribution in [0, 0.1) is 0 Å². The number of hydrogen-bond acceptors (Lipinski definition) is 5. The fourth-order valence-electron chi connectivity index (χ4n) is 4.34. The monoisotopic (exact) mass is 396 g/mol. The van der Waals surface area contributed by atoms with Crippen molar-refractivity contribution in [1.29, 1.82) is 0 Å². The molecule has 0 aliphatic carbocycles. The van der Waals surface area contributed by atoms with Gasteiger partial charge in [0.05, 0.1) is 12.2 Å². The molecule has 7 heteroatoms. The molecule has 2 fully saturated rings. The first kappa shape index (κ1) is 20.1. The first-order valence-corrected chi connectivity index (χ1v) is 10.9. The second-order valence-corrected chi connectivity index (χ2v) is 8.14. The van der Waals surface area contributed by atoms with Crippen LogP contribution in [0.3, 0.4) is 0 Å². The average molecular weight is 397 g/mol. The Labute approximate surface area is 172 Å². The molecule has 0 saturated carbocycles. The number of aryl methyl sites for hydroxylation is 1. The van der Waals surface area contributed by atoms with Gasteiger partial charge in [-0.2, -0.15) is 5.10 Å². The number of amides is 1. The highest BCUT2D eigenvalue weighted by Gasteiger charge is 2.25. The van der Waals surface area contributed by atoms with E-state index in [0.29, 0.717) is 18.5 Å². The van der Waals surface area contributed by atoms with Crippen LogP contribution in [-0.4, -0.2) is 52.8 Å². The molecule has 0 bridgehead atoms. The van der Waals surface area contributed by atoms with E-state index < -0.39 is 0 Å². The Hall–Kier alpha value is -2.22. The number of rotatable bonds is 8. The Morgan fingerprint density at radius 1 is 1.14 bits per heavy atom. The van der Waals surface area contributed by atoms with E-state index >= 15 is 0 Å². The number of hydrogen-bond donors (Lipinski definition) is 3. The van der Waals surface area contributed by atoms with Gasteiger partial charge in [0.15, 0.2) is 0 Å². The molecule has 0 radical (unpaired) electrons. The molecule has 1 atom stereocenters. The third-order valence-electron chi connectivity index (χ3n) is 5.96. The Morgan fingerprint density at radius 3 is 2.72 bits per heavy atom. The standard InChI is InChI=1S/C22H32N6O/c29-22(8-4-7-18-5-2-1-3-6-18)25-21-10-14-24-28(21)20-11-15-27(16-12-20)17-19-9-13-23-26-19/h1-3,5-6,10,14,19-20,23,26H,4,7-9,11-13,15-17H2,(H,25,29). The number of nitrogens with one attached hydrogen (secondary N) is 3. The molecule has 1 aromatic heterocycles. The van der Waals surface area contributed by atoms with Gasteiger partial charge in [0.2, 0.25) is 5.91 Å². The van der Waals surface area contributed by atoms with Crippen LogP contribution in [0.2, 0.25) is 0 Å². The summed E-state index contributed by atoms with van der Waals surface area (Å²) < 4.78 is 2.02. The summed E-state index contributed by atoms with van der Waals surface area (Å²) in [6.07, 6.45) is 7.43. The molecule has 2 aromatic rings. The van der Waals surface area contributed by atoms with Crippen molar-refractivity contribution in [2.24, 2.45) is 0 Å². The summed E-state index contributed by atoms with van der Waals surface area (Å²) in [6.45, 7) is 4.31. The van der Waals surface area contributed by atoms with E-state index in [1.807, 2.05) is 28.9 Å². The fraction of sp³-hybridized carbons (Fsp3) is 0.545. The summed E-state index contributed by atoms with van der Waals surface area (Å²) in [4.78, 5) is 14.9. The minimum Gasteiger partial charge on any atom is -0.311 e. The van der Waals surface area contributed by atoms with E-state index in [-0.39, 0.29) is 5.91 Å². The summed E-state index contributed by atoms with van der Waals surface area (Å²) in [5.41, 5.74) is 7.83. The summed E-state index contributed by atoms with van der Waals surface area (Å²) in [7, 11) is 0. The van der Waals surface area contributed by atoms with Gasteiger partial charge in [0.1, 0.15) is 5.82 Å². The molecule has 29 heavy (non-hydrogen) atoms. The van der Waals surface area contributed by atoms with Crippen molar-refractivity contribution < 1.29 is 4.79 Å². The molecule has 156 valence electrons. The van der Waals surface area contributed by atoms with Gasteiger partial charge in [-0.05, 0) is 37.7 Å². The molecule has 0 spiro atoms. The Bertz CT molecular complexity index is 763. The highest BCUT2D eigenvalue weighted by molar-refractivity contribution is 5.89. The van der Waals surface area contributed by atoms with E-state index in [1.54, 1.807) is 6.20 Å². The number of aromatic nitrogens is 2. The summed E-state index contributed by atoms with van der Waals surface area (Å²) in [5, 5.41) is 7.58. The topological polar surface area (TPSA) is 74.2 Å². The third kappa shape index (κ3) is 5.65. The number of benzene rings is 1. The van der Waals surface area contributed by atoms with Gasteiger partial charge < -0.3 is 10.2 Å². The van der Waals surface area contributed by atoms with Crippen LogP contribution in [0.1, 0.15) is 43.7 Å².